The first kappa shape index (κ1) is 22.1. The van der Waals surface area contributed by atoms with E-state index in [2.05, 4.69) is 86.7 Å². The third-order valence-electron chi connectivity index (χ3n) is 7.75. The molecule has 2 aromatic rings. The van der Waals surface area contributed by atoms with Gasteiger partial charge < -0.3 is 0 Å². The second-order valence-corrected chi connectivity index (χ2v) is 9.98. The molecule has 1 saturated carbocycles. The van der Waals surface area contributed by atoms with Gasteiger partial charge in [-0.05, 0) is 86.8 Å². The lowest BCUT2D eigenvalue weighted by Gasteiger charge is -2.25. The van der Waals surface area contributed by atoms with Crippen molar-refractivity contribution in [2.45, 2.75) is 83.5 Å². The Kier molecular flexibility index (Phi) is 7.84. The summed E-state index contributed by atoms with van der Waals surface area (Å²) in [5.41, 5.74) is 5.75. The molecule has 0 amide bonds. The first-order valence-corrected chi connectivity index (χ1v) is 12.7. The minimum Gasteiger partial charge on any atom is -0.0879 e. The van der Waals surface area contributed by atoms with Gasteiger partial charge in [0.1, 0.15) is 0 Å². The zero-order valence-corrected chi connectivity index (χ0v) is 19.6. The van der Waals surface area contributed by atoms with Crippen LogP contribution in [-0.4, -0.2) is 0 Å². The van der Waals surface area contributed by atoms with Crippen molar-refractivity contribution in [1.29, 1.82) is 0 Å². The number of hydrogen-bond acceptors (Lipinski definition) is 0. The van der Waals surface area contributed by atoms with Crippen molar-refractivity contribution in [2.75, 3.05) is 0 Å². The van der Waals surface area contributed by atoms with Crippen molar-refractivity contribution < 1.29 is 0 Å². The Balaban J connectivity index is 1.23. The van der Waals surface area contributed by atoms with Gasteiger partial charge >= 0.3 is 0 Å². The lowest BCUT2D eigenvalue weighted by atomic mass is 9.80. The normalized spacial score (nSPS) is 26.4. The fourth-order valence-corrected chi connectivity index (χ4v) is 5.45. The molecular formula is C31H40. The number of benzene rings is 2. The first-order chi connectivity index (χ1) is 15.2. The number of aryl methyl sites for hydroxylation is 2. The van der Waals surface area contributed by atoms with Gasteiger partial charge in [-0.1, -0.05) is 91.7 Å². The minimum absolute atomic E-state index is 0.578. The zero-order chi connectivity index (χ0) is 21.5. The standard InChI is InChI=1S/C31H40/c1-3-25-10-12-26(13-11-25)6-4-5-7-27-14-18-29(19-15-27)31-22-20-30(21-23-31)28-16-8-24(2)9-17-28/h4,6,8-9,14-20,22,25-26,30-31H,3,5,7,10-13,21,23H2,1-2H3. The van der Waals surface area contributed by atoms with Gasteiger partial charge in [-0.3, -0.25) is 0 Å². The van der Waals surface area contributed by atoms with Crippen molar-refractivity contribution in [3.05, 3.63) is 95.1 Å². The van der Waals surface area contributed by atoms with Gasteiger partial charge in [-0.15, -0.1) is 0 Å². The third kappa shape index (κ3) is 6.22. The molecule has 1 fully saturated rings. The molecule has 0 aromatic heterocycles. The molecule has 0 heteroatoms. The summed E-state index contributed by atoms with van der Waals surface area (Å²) in [7, 11) is 0. The van der Waals surface area contributed by atoms with Crippen LogP contribution < -0.4 is 0 Å². The highest BCUT2D eigenvalue weighted by Crippen LogP contribution is 2.35. The largest absolute Gasteiger partial charge is 0.0879 e. The molecule has 0 bridgehead atoms. The monoisotopic (exact) mass is 412 g/mol. The van der Waals surface area contributed by atoms with E-state index in [1.54, 1.807) is 0 Å². The topological polar surface area (TPSA) is 0 Å². The molecule has 0 N–H and O–H groups in total. The van der Waals surface area contributed by atoms with Crippen molar-refractivity contribution >= 4 is 0 Å². The van der Waals surface area contributed by atoms with Crippen LogP contribution in [0.15, 0.2) is 72.8 Å². The molecule has 0 radical (unpaired) electrons. The van der Waals surface area contributed by atoms with Crippen molar-refractivity contribution in [3.63, 3.8) is 0 Å². The highest BCUT2D eigenvalue weighted by molar-refractivity contribution is 5.33. The summed E-state index contributed by atoms with van der Waals surface area (Å²) >= 11 is 0. The molecule has 0 nitrogen and oxygen atoms in total. The van der Waals surface area contributed by atoms with Crippen molar-refractivity contribution in [1.82, 2.24) is 0 Å². The Labute approximate surface area is 190 Å². The minimum atomic E-state index is 0.578. The van der Waals surface area contributed by atoms with Crippen LogP contribution in [0.2, 0.25) is 0 Å². The smallest absolute Gasteiger partial charge is 0.00185 e. The van der Waals surface area contributed by atoms with Gasteiger partial charge in [0.25, 0.3) is 0 Å². The van der Waals surface area contributed by atoms with E-state index in [0.717, 1.165) is 18.3 Å². The van der Waals surface area contributed by atoms with E-state index in [0.29, 0.717) is 11.8 Å². The van der Waals surface area contributed by atoms with E-state index in [4.69, 9.17) is 0 Å². The summed E-state index contributed by atoms with van der Waals surface area (Å²) < 4.78 is 0. The van der Waals surface area contributed by atoms with Crippen LogP contribution in [0, 0.1) is 18.8 Å². The SMILES string of the molecule is CCC1CCC(C=CCCc2ccc(C3C=CC(c4ccc(C)cc4)CC3)cc2)CC1. The van der Waals surface area contributed by atoms with E-state index in [-0.39, 0.29) is 0 Å². The molecule has 0 heterocycles. The zero-order valence-electron chi connectivity index (χ0n) is 19.6. The predicted molar refractivity (Wildman–Crippen MR) is 135 cm³/mol. The summed E-state index contributed by atoms with van der Waals surface area (Å²) in [4.78, 5) is 0. The average Bonchev–Trinajstić information content (AvgIpc) is 2.83. The molecule has 31 heavy (non-hydrogen) atoms. The van der Waals surface area contributed by atoms with Crippen LogP contribution >= 0.6 is 0 Å². The van der Waals surface area contributed by atoms with E-state index in [9.17, 15) is 0 Å². The van der Waals surface area contributed by atoms with Crippen molar-refractivity contribution in [3.8, 4) is 0 Å². The Bertz CT molecular complexity index is 844. The molecule has 2 atom stereocenters. The summed E-state index contributed by atoms with van der Waals surface area (Å²) in [6.45, 7) is 4.51. The van der Waals surface area contributed by atoms with Crippen LogP contribution in [0.3, 0.4) is 0 Å². The lowest BCUT2D eigenvalue weighted by molar-refractivity contribution is 0.303. The van der Waals surface area contributed by atoms with Gasteiger partial charge in [-0.25, -0.2) is 0 Å². The van der Waals surface area contributed by atoms with E-state index >= 15 is 0 Å². The summed E-state index contributed by atoms with van der Waals surface area (Å²) in [5, 5.41) is 0. The fourth-order valence-electron chi connectivity index (χ4n) is 5.45. The van der Waals surface area contributed by atoms with Crippen LogP contribution in [0.25, 0.3) is 0 Å². The molecular weight excluding hydrogens is 372 g/mol. The van der Waals surface area contributed by atoms with Gasteiger partial charge in [0.2, 0.25) is 0 Å². The average molecular weight is 413 g/mol. The Morgan fingerprint density at radius 1 is 0.742 bits per heavy atom. The van der Waals surface area contributed by atoms with Crippen LogP contribution in [0.4, 0.5) is 0 Å². The third-order valence-corrected chi connectivity index (χ3v) is 7.75. The van der Waals surface area contributed by atoms with Crippen LogP contribution in [0.5, 0.6) is 0 Å². The first-order valence-electron chi connectivity index (χ1n) is 12.7. The van der Waals surface area contributed by atoms with E-state index in [1.807, 2.05) is 0 Å². The molecule has 2 unspecified atom stereocenters. The molecule has 164 valence electrons. The lowest BCUT2D eigenvalue weighted by Crippen LogP contribution is -2.12. The Hall–Kier alpha value is -2.08. The maximum atomic E-state index is 2.51. The van der Waals surface area contributed by atoms with Gasteiger partial charge in [0.15, 0.2) is 0 Å². The molecule has 0 spiro atoms. The van der Waals surface area contributed by atoms with Gasteiger partial charge in [-0.2, -0.15) is 0 Å². The number of rotatable bonds is 7. The molecule has 2 aliphatic carbocycles. The van der Waals surface area contributed by atoms with Gasteiger partial charge in [0.05, 0.1) is 0 Å². The molecule has 0 aliphatic heterocycles. The quantitative estimate of drug-likeness (QED) is 0.398. The summed E-state index contributed by atoms with van der Waals surface area (Å²) in [5.74, 6) is 3.00. The highest BCUT2D eigenvalue weighted by Gasteiger charge is 2.19. The van der Waals surface area contributed by atoms with E-state index in [1.165, 1.54) is 73.6 Å². The summed E-state index contributed by atoms with van der Waals surface area (Å²) in [6.07, 6.45) is 21.7. The Morgan fingerprint density at radius 2 is 1.32 bits per heavy atom. The number of allylic oxidation sites excluding steroid dienone is 4. The molecule has 2 aromatic carbocycles. The van der Waals surface area contributed by atoms with Crippen molar-refractivity contribution in [2.24, 2.45) is 11.8 Å². The highest BCUT2D eigenvalue weighted by atomic mass is 14.2. The second kappa shape index (κ2) is 11.0. The maximum Gasteiger partial charge on any atom is 0.00185 e. The van der Waals surface area contributed by atoms with Gasteiger partial charge in [0, 0.05) is 11.8 Å². The second-order valence-electron chi connectivity index (χ2n) is 9.98. The molecule has 4 rings (SSSR count). The predicted octanol–water partition coefficient (Wildman–Crippen LogP) is 8.92. The maximum absolute atomic E-state index is 2.51. The van der Waals surface area contributed by atoms with E-state index < -0.39 is 0 Å². The summed E-state index contributed by atoms with van der Waals surface area (Å²) in [6, 6.07) is 18.5. The fraction of sp³-hybridized carbons (Fsp3) is 0.484. The molecule has 0 saturated heterocycles. The van der Waals surface area contributed by atoms with Crippen LogP contribution in [0.1, 0.15) is 92.4 Å². The number of hydrogen-bond donors (Lipinski definition) is 0. The molecule has 2 aliphatic rings. The Morgan fingerprint density at radius 3 is 1.87 bits per heavy atom. The van der Waals surface area contributed by atoms with Crippen LogP contribution in [-0.2, 0) is 6.42 Å².